The van der Waals surface area contributed by atoms with Gasteiger partial charge in [0.1, 0.15) is 6.61 Å². The summed E-state index contributed by atoms with van der Waals surface area (Å²) in [5.74, 6) is -1.63. The first-order chi connectivity index (χ1) is 25.1. The van der Waals surface area contributed by atoms with E-state index in [0.717, 1.165) is 13.0 Å². The molecule has 0 amide bonds. The predicted octanol–water partition coefficient (Wildman–Crippen LogP) is 6.33. The van der Waals surface area contributed by atoms with Gasteiger partial charge in [0.05, 0.1) is 138 Å². The number of alkyl halides is 9. The lowest BCUT2D eigenvalue weighted by Crippen LogP contribution is -2.24. The third kappa shape index (κ3) is 38.6. The van der Waals surface area contributed by atoms with E-state index in [1.165, 1.54) is 6.42 Å². The average Bonchev–Trinajstić information content (AvgIpc) is 3.04. The van der Waals surface area contributed by atoms with Gasteiger partial charge in [-0.05, 0) is 24.3 Å². The molecule has 0 aromatic carbocycles. The second-order valence-corrected chi connectivity index (χ2v) is 11.5. The van der Waals surface area contributed by atoms with E-state index >= 15 is 0 Å². The van der Waals surface area contributed by atoms with Crippen LogP contribution in [-0.4, -0.2) is 157 Å². The predicted molar refractivity (Wildman–Crippen MR) is 173 cm³/mol. The lowest BCUT2D eigenvalue weighted by Gasteiger charge is -2.20. The minimum absolute atomic E-state index is 0.00457. The zero-order valence-electron chi connectivity index (χ0n) is 30.6. The molecule has 11 nitrogen and oxygen atoms in total. The quantitative estimate of drug-likeness (QED) is 0.0401. The minimum Gasteiger partial charge on any atom is -0.486 e. The fourth-order valence-electron chi connectivity index (χ4n) is 3.97. The molecule has 0 rings (SSSR count). The number of rotatable bonds is 37. The average molecular weight is 801 g/mol. The lowest BCUT2D eigenvalue weighted by atomic mass is 10.1. The monoisotopic (exact) mass is 800 g/mol. The molecular weight excluding hydrogens is 743 g/mol. The van der Waals surface area contributed by atoms with E-state index in [0.29, 0.717) is 91.8 Å². The zero-order chi connectivity index (χ0) is 39.7. The maximum Gasteiger partial charge on any atom is 0.448 e. The Labute approximate surface area is 305 Å². The summed E-state index contributed by atoms with van der Waals surface area (Å²) in [6.07, 6.45) is -18.8. The summed E-state index contributed by atoms with van der Waals surface area (Å²) in [5, 5.41) is 0. The Morgan fingerprint density at radius 3 is 0.849 bits per heavy atom. The minimum atomic E-state index is -5.56. The molecule has 20 heteroatoms. The molecule has 0 radical (unpaired) electrons. The van der Waals surface area contributed by atoms with Crippen LogP contribution in [0.15, 0.2) is 11.3 Å². The van der Waals surface area contributed by atoms with Gasteiger partial charge in [-0.25, -0.2) is 0 Å². The highest BCUT2D eigenvalue weighted by molar-refractivity contribution is 5.16. The molecule has 318 valence electrons. The summed E-state index contributed by atoms with van der Waals surface area (Å²) < 4.78 is 173. The first-order valence-corrected chi connectivity index (χ1v) is 17.4. The number of halogens is 9. The Kier molecular flexibility index (Phi) is 31.8. The summed E-state index contributed by atoms with van der Waals surface area (Å²) in [6, 6.07) is 0. The molecule has 0 saturated heterocycles. The van der Waals surface area contributed by atoms with Crippen LogP contribution in [0.1, 0.15) is 39.5 Å². The molecule has 0 aliphatic carbocycles. The van der Waals surface area contributed by atoms with Gasteiger partial charge in [0.25, 0.3) is 0 Å². The van der Waals surface area contributed by atoms with Gasteiger partial charge in [0.15, 0.2) is 0 Å². The normalized spacial score (nSPS) is 12.6. The molecule has 0 aromatic heterocycles. The molecule has 0 fully saturated rings. The van der Waals surface area contributed by atoms with E-state index in [2.05, 4.69) is 18.6 Å². The Balaban J connectivity index is 3.52. The molecule has 0 saturated carbocycles. The topological polar surface area (TPSA) is 102 Å². The van der Waals surface area contributed by atoms with Gasteiger partial charge in [-0.3, -0.25) is 0 Å². The Morgan fingerprint density at radius 1 is 0.377 bits per heavy atom. The molecule has 0 aliphatic rings. The van der Waals surface area contributed by atoms with Crippen molar-refractivity contribution in [3.63, 3.8) is 0 Å². The molecule has 0 aromatic rings. The van der Waals surface area contributed by atoms with Crippen LogP contribution >= 0.6 is 0 Å². The van der Waals surface area contributed by atoms with Crippen LogP contribution in [0, 0.1) is 5.92 Å². The van der Waals surface area contributed by atoms with Crippen LogP contribution in [-0.2, 0) is 52.1 Å². The molecule has 0 N–H and O–H groups in total. The summed E-state index contributed by atoms with van der Waals surface area (Å²) in [5.41, 5.74) is -1.96. The highest BCUT2D eigenvalue weighted by Gasteiger charge is 2.45. The Hall–Kier alpha value is -1.49. The first-order valence-electron chi connectivity index (χ1n) is 17.4. The van der Waals surface area contributed by atoms with Gasteiger partial charge < -0.3 is 52.1 Å². The molecule has 0 atom stereocenters. The van der Waals surface area contributed by atoms with E-state index in [1.807, 2.05) is 0 Å². The van der Waals surface area contributed by atoms with Crippen molar-refractivity contribution >= 4 is 0 Å². The fraction of sp³-hybridized carbons (Fsp3) is 0.939. The second-order valence-electron chi connectivity index (χ2n) is 11.5. The zero-order valence-corrected chi connectivity index (χ0v) is 30.6. The second kappa shape index (κ2) is 32.7. The number of hydrogen-bond acceptors (Lipinski definition) is 11. The van der Waals surface area contributed by atoms with E-state index in [9.17, 15) is 39.5 Å². The van der Waals surface area contributed by atoms with Gasteiger partial charge in [0, 0.05) is 6.61 Å². The largest absolute Gasteiger partial charge is 0.486 e. The van der Waals surface area contributed by atoms with Gasteiger partial charge in [-0.2, -0.15) is 39.5 Å². The SMILES string of the molecule is CC(C)CCCOCCOCCOCCOCCOCCOCCOCCOCCOCCOCCOC(=C(CC(F)(F)F)CC(F)(F)F)C(F)(F)F. The smallest absolute Gasteiger partial charge is 0.448 e. The molecule has 0 aliphatic heterocycles. The van der Waals surface area contributed by atoms with Gasteiger partial charge in [-0.1, -0.05) is 13.8 Å². The number of allylic oxidation sites excluding steroid dienone is 2. The van der Waals surface area contributed by atoms with Crippen molar-refractivity contribution in [1.29, 1.82) is 0 Å². The van der Waals surface area contributed by atoms with Crippen LogP contribution in [0.2, 0.25) is 0 Å². The molecule has 0 unspecified atom stereocenters. The molecule has 0 heterocycles. The Bertz CT molecular complexity index is 842. The highest BCUT2D eigenvalue weighted by atomic mass is 19.4. The van der Waals surface area contributed by atoms with E-state index in [1.54, 1.807) is 0 Å². The van der Waals surface area contributed by atoms with Crippen molar-refractivity contribution < 1.29 is 91.6 Å². The maximum absolute atomic E-state index is 13.1. The van der Waals surface area contributed by atoms with Crippen molar-refractivity contribution in [2.45, 2.75) is 58.1 Å². The lowest BCUT2D eigenvalue weighted by molar-refractivity contribution is -0.155. The van der Waals surface area contributed by atoms with E-state index in [-0.39, 0.29) is 33.0 Å². The van der Waals surface area contributed by atoms with Crippen LogP contribution in [0.25, 0.3) is 0 Å². The fourth-order valence-corrected chi connectivity index (χ4v) is 3.97. The van der Waals surface area contributed by atoms with Crippen molar-refractivity contribution in [2.75, 3.05) is 139 Å². The molecular formula is C33H57F9O11. The van der Waals surface area contributed by atoms with Crippen LogP contribution in [0.5, 0.6) is 0 Å². The van der Waals surface area contributed by atoms with Crippen LogP contribution in [0.3, 0.4) is 0 Å². The third-order valence-electron chi connectivity index (χ3n) is 6.30. The van der Waals surface area contributed by atoms with Crippen molar-refractivity contribution in [3.8, 4) is 0 Å². The number of hydrogen-bond donors (Lipinski definition) is 0. The summed E-state index contributed by atoms with van der Waals surface area (Å²) >= 11 is 0. The maximum atomic E-state index is 13.1. The molecule has 0 spiro atoms. The van der Waals surface area contributed by atoms with Crippen molar-refractivity contribution in [3.05, 3.63) is 11.3 Å². The van der Waals surface area contributed by atoms with Crippen LogP contribution < -0.4 is 0 Å². The molecule has 0 bridgehead atoms. The summed E-state index contributed by atoms with van der Waals surface area (Å²) in [6.45, 7) is 10.1. The van der Waals surface area contributed by atoms with E-state index < -0.39 is 55.9 Å². The standard InChI is InChI=1S/C33H57F9O11/c1-28(2)4-3-5-43-6-7-44-8-9-45-10-11-46-12-13-47-14-15-48-16-17-49-18-19-50-20-21-51-22-23-52-24-25-53-30(33(40,41)42)29(26-31(34,35)36)27-32(37,38)39/h28H,3-27H2,1-2H3. The van der Waals surface area contributed by atoms with Crippen molar-refractivity contribution in [1.82, 2.24) is 0 Å². The van der Waals surface area contributed by atoms with Gasteiger partial charge >= 0.3 is 18.5 Å². The summed E-state index contributed by atoms with van der Waals surface area (Å²) in [4.78, 5) is 0. The highest BCUT2D eigenvalue weighted by Crippen LogP contribution is 2.39. The van der Waals surface area contributed by atoms with Gasteiger partial charge in [-0.15, -0.1) is 0 Å². The summed E-state index contributed by atoms with van der Waals surface area (Å²) in [7, 11) is 0. The Morgan fingerprint density at radius 2 is 0.623 bits per heavy atom. The first kappa shape index (κ1) is 51.5. The van der Waals surface area contributed by atoms with E-state index in [4.69, 9.17) is 47.4 Å². The van der Waals surface area contributed by atoms with Gasteiger partial charge in [0.2, 0.25) is 5.76 Å². The van der Waals surface area contributed by atoms with Crippen LogP contribution in [0.4, 0.5) is 39.5 Å². The number of ether oxygens (including phenoxy) is 11. The molecule has 53 heavy (non-hydrogen) atoms. The van der Waals surface area contributed by atoms with Crippen molar-refractivity contribution in [2.24, 2.45) is 5.92 Å². The third-order valence-corrected chi connectivity index (χ3v) is 6.30.